The van der Waals surface area contributed by atoms with E-state index in [0.717, 1.165) is 24.0 Å². The van der Waals surface area contributed by atoms with Gasteiger partial charge in [-0.05, 0) is 30.1 Å². The van der Waals surface area contributed by atoms with Crippen molar-refractivity contribution in [2.75, 3.05) is 23.4 Å². The van der Waals surface area contributed by atoms with E-state index in [2.05, 4.69) is 5.32 Å². The van der Waals surface area contributed by atoms with E-state index in [-0.39, 0.29) is 10.7 Å². The van der Waals surface area contributed by atoms with Crippen LogP contribution in [0.2, 0.25) is 5.02 Å². The van der Waals surface area contributed by atoms with Gasteiger partial charge in [-0.15, -0.1) is 0 Å². The average Bonchev–Trinajstić information content (AvgIpc) is 2.29. The molecule has 1 N–H and O–H groups in total. The first-order valence-electron chi connectivity index (χ1n) is 5.64. The fourth-order valence-corrected chi connectivity index (χ4v) is 2.35. The summed E-state index contributed by atoms with van der Waals surface area (Å²) in [6, 6.07) is 3.80. The molecule has 0 saturated carbocycles. The van der Waals surface area contributed by atoms with Crippen LogP contribution in [-0.4, -0.2) is 18.1 Å². The van der Waals surface area contributed by atoms with Gasteiger partial charge in [0, 0.05) is 6.54 Å². The van der Waals surface area contributed by atoms with Gasteiger partial charge in [0.2, 0.25) is 0 Å². The number of thioether (sulfide) groups is 1. The smallest absolute Gasteiger partial charge is 0.383 e. The number of halogens is 4. The van der Waals surface area contributed by atoms with Crippen LogP contribution in [0.3, 0.4) is 0 Å². The van der Waals surface area contributed by atoms with Crippen molar-refractivity contribution in [1.29, 1.82) is 0 Å². The Hall–Kier alpha value is -0.550. The van der Waals surface area contributed by atoms with Crippen LogP contribution in [-0.2, 0) is 6.18 Å². The van der Waals surface area contributed by atoms with Crippen LogP contribution < -0.4 is 5.32 Å². The highest BCUT2D eigenvalue weighted by Gasteiger charge is 2.34. The zero-order valence-electron chi connectivity index (χ0n) is 9.98. The van der Waals surface area contributed by atoms with Gasteiger partial charge in [0.1, 0.15) is 0 Å². The number of rotatable bonds is 6. The van der Waals surface area contributed by atoms with Crippen molar-refractivity contribution in [2.24, 2.45) is 0 Å². The number of hydrogen-bond acceptors (Lipinski definition) is 2. The van der Waals surface area contributed by atoms with Crippen LogP contribution in [0.15, 0.2) is 18.2 Å². The van der Waals surface area contributed by atoms with Gasteiger partial charge in [0.05, 0.1) is 16.3 Å². The molecule has 6 heteroatoms. The molecule has 0 saturated heterocycles. The molecule has 0 heterocycles. The Balaban J connectivity index is 2.69. The molecule has 18 heavy (non-hydrogen) atoms. The highest BCUT2D eigenvalue weighted by Crippen LogP contribution is 2.38. The first kappa shape index (κ1) is 15.5. The molecule has 0 radical (unpaired) electrons. The van der Waals surface area contributed by atoms with E-state index in [0.29, 0.717) is 6.54 Å². The number of nitrogens with one attached hydrogen (secondary N) is 1. The highest BCUT2D eigenvalue weighted by molar-refractivity contribution is 7.99. The monoisotopic (exact) mass is 297 g/mol. The van der Waals surface area contributed by atoms with Crippen molar-refractivity contribution < 1.29 is 13.2 Å². The summed E-state index contributed by atoms with van der Waals surface area (Å²) in [5.74, 6) is 1.94. The van der Waals surface area contributed by atoms with Crippen molar-refractivity contribution in [1.82, 2.24) is 0 Å². The summed E-state index contributed by atoms with van der Waals surface area (Å²) in [5, 5.41) is 2.89. The van der Waals surface area contributed by atoms with Crippen LogP contribution in [0, 0.1) is 0 Å². The summed E-state index contributed by atoms with van der Waals surface area (Å²) in [4.78, 5) is 0. The molecule has 0 aliphatic carbocycles. The van der Waals surface area contributed by atoms with Gasteiger partial charge in [0.25, 0.3) is 0 Å². The second-order valence-electron chi connectivity index (χ2n) is 3.64. The first-order valence-corrected chi connectivity index (χ1v) is 7.17. The molecule has 0 aromatic heterocycles. The van der Waals surface area contributed by atoms with Gasteiger partial charge in [0.15, 0.2) is 0 Å². The molecular weight excluding hydrogens is 283 g/mol. The largest absolute Gasteiger partial charge is 0.418 e. The van der Waals surface area contributed by atoms with Crippen LogP contribution in [0.5, 0.6) is 0 Å². The second kappa shape index (κ2) is 7.14. The second-order valence-corrected chi connectivity index (χ2v) is 5.44. The number of benzene rings is 1. The molecule has 102 valence electrons. The minimum absolute atomic E-state index is 0.0202. The van der Waals surface area contributed by atoms with E-state index in [4.69, 9.17) is 11.6 Å². The predicted octanol–water partition coefficient (Wildman–Crippen LogP) is 4.91. The Morgan fingerprint density at radius 1 is 1.33 bits per heavy atom. The van der Waals surface area contributed by atoms with Crippen molar-refractivity contribution in [3.8, 4) is 0 Å². The van der Waals surface area contributed by atoms with Crippen molar-refractivity contribution >= 4 is 29.1 Å². The van der Waals surface area contributed by atoms with Crippen molar-refractivity contribution in [3.63, 3.8) is 0 Å². The topological polar surface area (TPSA) is 12.0 Å². The Bertz CT molecular complexity index is 382. The summed E-state index contributed by atoms with van der Waals surface area (Å²) in [6.45, 7) is 2.54. The van der Waals surface area contributed by atoms with Crippen LogP contribution >= 0.6 is 23.4 Å². The fraction of sp³-hybridized carbons (Fsp3) is 0.500. The molecule has 0 aliphatic rings. The van der Waals surface area contributed by atoms with E-state index in [9.17, 15) is 13.2 Å². The maximum Gasteiger partial charge on any atom is 0.418 e. The van der Waals surface area contributed by atoms with E-state index in [1.54, 1.807) is 11.8 Å². The molecule has 0 aliphatic heterocycles. The standard InChI is InChI=1S/C12H15ClF3NS/c1-2-18-8-4-7-17-11-9(12(14,15)16)5-3-6-10(11)13/h3,5-6,17H,2,4,7-8H2,1H3. The van der Waals surface area contributed by atoms with E-state index in [1.807, 2.05) is 6.92 Å². The molecule has 0 spiro atoms. The van der Waals surface area contributed by atoms with E-state index >= 15 is 0 Å². The first-order chi connectivity index (χ1) is 8.46. The Labute approximate surface area is 114 Å². The molecule has 1 aromatic carbocycles. The van der Waals surface area contributed by atoms with Crippen molar-refractivity contribution in [2.45, 2.75) is 19.5 Å². The molecular formula is C12H15ClF3NS. The lowest BCUT2D eigenvalue weighted by Crippen LogP contribution is -2.12. The Morgan fingerprint density at radius 2 is 2.06 bits per heavy atom. The van der Waals surface area contributed by atoms with Crippen LogP contribution in [0.1, 0.15) is 18.9 Å². The molecule has 0 bridgehead atoms. The van der Waals surface area contributed by atoms with Crippen LogP contribution in [0.4, 0.5) is 18.9 Å². The van der Waals surface area contributed by atoms with Gasteiger partial charge in [-0.2, -0.15) is 24.9 Å². The summed E-state index contributed by atoms with van der Waals surface area (Å²) in [7, 11) is 0. The Morgan fingerprint density at radius 3 is 2.67 bits per heavy atom. The maximum atomic E-state index is 12.8. The average molecular weight is 298 g/mol. The molecule has 1 aromatic rings. The molecule has 0 atom stereocenters. The zero-order chi connectivity index (χ0) is 13.6. The fourth-order valence-electron chi connectivity index (χ4n) is 1.47. The summed E-state index contributed by atoms with van der Waals surface area (Å²) >= 11 is 7.57. The van der Waals surface area contributed by atoms with E-state index in [1.165, 1.54) is 12.1 Å². The minimum Gasteiger partial charge on any atom is -0.383 e. The van der Waals surface area contributed by atoms with Crippen LogP contribution in [0.25, 0.3) is 0 Å². The third-order valence-corrected chi connectivity index (χ3v) is 3.59. The third kappa shape index (κ3) is 4.61. The SMILES string of the molecule is CCSCCCNc1c(Cl)cccc1C(F)(F)F. The van der Waals surface area contributed by atoms with Crippen molar-refractivity contribution in [3.05, 3.63) is 28.8 Å². The molecule has 0 fully saturated rings. The van der Waals surface area contributed by atoms with Gasteiger partial charge >= 0.3 is 6.18 Å². The van der Waals surface area contributed by atoms with E-state index < -0.39 is 11.7 Å². The number of para-hydroxylation sites is 1. The van der Waals surface area contributed by atoms with Gasteiger partial charge < -0.3 is 5.32 Å². The molecule has 1 rings (SSSR count). The lowest BCUT2D eigenvalue weighted by Gasteiger charge is -2.15. The third-order valence-electron chi connectivity index (χ3n) is 2.29. The number of anilines is 1. The lowest BCUT2D eigenvalue weighted by atomic mass is 10.1. The zero-order valence-corrected chi connectivity index (χ0v) is 11.6. The van der Waals surface area contributed by atoms with Gasteiger partial charge in [-0.1, -0.05) is 24.6 Å². The molecule has 0 amide bonds. The number of alkyl halides is 3. The highest BCUT2D eigenvalue weighted by atomic mass is 35.5. The lowest BCUT2D eigenvalue weighted by molar-refractivity contribution is -0.136. The number of hydrogen-bond donors (Lipinski definition) is 1. The quantitative estimate of drug-likeness (QED) is 0.748. The molecule has 1 nitrogen and oxygen atoms in total. The van der Waals surface area contributed by atoms with Gasteiger partial charge in [-0.25, -0.2) is 0 Å². The normalized spacial score (nSPS) is 11.6. The van der Waals surface area contributed by atoms with Gasteiger partial charge in [-0.3, -0.25) is 0 Å². The Kier molecular flexibility index (Phi) is 6.15. The maximum absolute atomic E-state index is 12.8. The summed E-state index contributed by atoms with van der Waals surface area (Å²) in [6.07, 6.45) is -3.58. The minimum atomic E-state index is -4.38. The predicted molar refractivity (Wildman–Crippen MR) is 72.6 cm³/mol. The molecule has 0 unspecified atom stereocenters. The summed E-state index contributed by atoms with van der Waals surface area (Å²) in [5.41, 5.74) is -0.730. The summed E-state index contributed by atoms with van der Waals surface area (Å²) < 4.78 is 38.3.